The summed E-state index contributed by atoms with van der Waals surface area (Å²) in [6, 6.07) is 16.6. The van der Waals surface area contributed by atoms with E-state index in [0.29, 0.717) is 0 Å². The first-order valence-electron chi connectivity index (χ1n) is 6.80. The second-order valence-corrected chi connectivity index (χ2v) is 5.89. The summed E-state index contributed by atoms with van der Waals surface area (Å²) < 4.78 is 0.955. The number of rotatable bonds is 5. The van der Waals surface area contributed by atoms with Crippen LogP contribution >= 0.6 is 15.9 Å². The van der Waals surface area contributed by atoms with E-state index < -0.39 is 6.10 Å². The molecule has 0 amide bonds. The Morgan fingerprint density at radius 1 is 1.15 bits per heavy atom. The lowest BCUT2D eigenvalue weighted by atomic mass is 10.1. The highest BCUT2D eigenvalue weighted by Crippen LogP contribution is 2.27. The van der Waals surface area contributed by atoms with Gasteiger partial charge in [0.25, 0.3) is 0 Å². The number of aliphatic hydroxyl groups excluding tert-OH is 1. The molecular weight excluding hydrogens is 314 g/mol. The van der Waals surface area contributed by atoms with E-state index in [1.807, 2.05) is 12.1 Å². The first-order chi connectivity index (χ1) is 9.58. The van der Waals surface area contributed by atoms with Gasteiger partial charge in [-0.25, -0.2) is 0 Å². The molecule has 0 spiro atoms. The second kappa shape index (κ2) is 6.91. The molecule has 1 atom stereocenters. The Balaban J connectivity index is 2.02. The summed E-state index contributed by atoms with van der Waals surface area (Å²) in [7, 11) is 2.09. The zero-order chi connectivity index (χ0) is 14.5. The second-order valence-electron chi connectivity index (χ2n) is 5.04. The lowest BCUT2D eigenvalue weighted by Gasteiger charge is -2.21. The standard InChI is InChI=1S/C17H20BrNO/c1-13(20)16-9-8-15(12-17(16)18)19(2)11-10-14-6-4-3-5-7-14/h3-9,12-13,20H,10-11H2,1-2H3/t13-/m1/s1. The van der Waals surface area contributed by atoms with Crippen LogP contribution in [0.5, 0.6) is 0 Å². The molecule has 0 aliphatic rings. The quantitative estimate of drug-likeness (QED) is 0.887. The number of hydrogen-bond donors (Lipinski definition) is 1. The number of anilines is 1. The van der Waals surface area contributed by atoms with Gasteiger partial charge in [-0.1, -0.05) is 52.3 Å². The maximum Gasteiger partial charge on any atom is 0.0772 e. The molecule has 0 saturated heterocycles. The number of aliphatic hydroxyl groups is 1. The minimum atomic E-state index is -0.451. The summed E-state index contributed by atoms with van der Waals surface area (Å²) in [5.74, 6) is 0. The van der Waals surface area contributed by atoms with Gasteiger partial charge in [0.05, 0.1) is 6.10 Å². The van der Waals surface area contributed by atoms with Crippen LogP contribution in [0.15, 0.2) is 53.0 Å². The van der Waals surface area contributed by atoms with Crippen LogP contribution in [0.25, 0.3) is 0 Å². The van der Waals surface area contributed by atoms with E-state index in [4.69, 9.17) is 0 Å². The predicted molar refractivity (Wildman–Crippen MR) is 88.2 cm³/mol. The molecular formula is C17H20BrNO. The molecule has 0 aliphatic carbocycles. The number of hydrogen-bond acceptors (Lipinski definition) is 2. The zero-order valence-corrected chi connectivity index (χ0v) is 13.5. The van der Waals surface area contributed by atoms with Crippen molar-refractivity contribution in [3.8, 4) is 0 Å². The molecule has 0 heterocycles. The highest BCUT2D eigenvalue weighted by atomic mass is 79.9. The minimum Gasteiger partial charge on any atom is -0.389 e. The van der Waals surface area contributed by atoms with Crippen molar-refractivity contribution in [2.24, 2.45) is 0 Å². The molecule has 0 unspecified atom stereocenters. The third-order valence-corrected chi connectivity index (χ3v) is 4.14. The topological polar surface area (TPSA) is 23.5 Å². The molecule has 0 radical (unpaired) electrons. The molecule has 2 aromatic carbocycles. The molecule has 2 aromatic rings. The van der Waals surface area contributed by atoms with Crippen LogP contribution in [0.1, 0.15) is 24.2 Å². The molecule has 3 heteroatoms. The summed E-state index contributed by atoms with van der Waals surface area (Å²) in [5, 5.41) is 9.64. The molecule has 0 aromatic heterocycles. The van der Waals surface area contributed by atoms with Crippen LogP contribution in [-0.4, -0.2) is 18.7 Å². The van der Waals surface area contributed by atoms with Gasteiger partial charge in [0, 0.05) is 23.8 Å². The fraction of sp³-hybridized carbons (Fsp3) is 0.294. The Labute approximate surface area is 129 Å². The van der Waals surface area contributed by atoms with Gasteiger partial charge < -0.3 is 10.0 Å². The Morgan fingerprint density at radius 3 is 2.45 bits per heavy atom. The van der Waals surface area contributed by atoms with Crippen molar-refractivity contribution in [3.63, 3.8) is 0 Å². The SMILES string of the molecule is C[C@@H](O)c1ccc(N(C)CCc2ccccc2)cc1Br. The summed E-state index contributed by atoms with van der Waals surface area (Å²) in [6.45, 7) is 2.74. The van der Waals surface area contributed by atoms with Gasteiger partial charge >= 0.3 is 0 Å². The van der Waals surface area contributed by atoms with Crippen molar-refractivity contribution in [2.75, 3.05) is 18.5 Å². The molecule has 0 saturated carbocycles. The molecule has 0 aliphatic heterocycles. The molecule has 2 nitrogen and oxygen atoms in total. The van der Waals surface area contributed by atoms with Crippen molar-refractivity contribution in [2.45, 2.75) is 19.4 Å². The van der Waals surface area contributed by atoms with E-state index in [0.717, 1.165) is 28.7 Å². The number of likely N-dealkylation sites (N-methyl/N-ethyl adjacent to an activating group) is 1. The normalized spacial score (nSPS) is 12.2. The third-order valence-electron chi connectivity index (χ3n) is 3.45. The highest BCUT2D eigenvalue weighted by molar-refractivity contribution is 9.10. The average molecular weight is 334 g/mol. The van der Waals surface area contributed by atoms with Gasteiger partial charge in [-0.3, -0.25) is 0 Å². The van der Waals surface area contributed by atoms with Crippen molar-refractivity contribution in [3.05, 3.63) is 64.1 Å². The molecule has 0 fully saturated rings. The first kappa shape index (κ1) is 15.1. The Kier molecular flexibility index (Phi) is 5.21. The van der Waals surface area contributed by atoms with Crippen LogP contribution in [0.2, 0.25) is 0 Å². The average Bonchev–Trinajstić information content (AvgIpc) is 2.45. The zero-order valence-electron chi connectivity index (χ0n) is 11.9. The third kappa shape index (κ3) is 3.84. The van der Waals surface area contributed by atoms with Gasteiger partial charge in [-0.05, 0) is 36.6 Å². The van der Waals surface area contributed by atoms with E-state index in [1.54, 1.807) is 6.92 Å². The van der Waals surface area contributed by atoms with Crippen LogP contribution < -0.4 is 4.90 Å². The van der Waals surface area contributed by atoms with Gasteiger partial charge in [-0.2, -0.15) is 0 Å². The van der Waals surface area contributed by atoms with E-state index in [9.17, 15) is 5.11 Å². The maximum atomic E-state index is 9.64. The van der Waals surface area contributed by atoms with Gasteiger partial charge in [0.2, 0.25) is 0 Å². The molecule has 2 rings (SSSR count). The molecule has 106 valence electrons. The highest BCUT2D eigenvalue weighted by Gasteiger charge is 2.08. The van der Waals surface area contributed by atoms with Gasteiger partial charge in [-0.15, -0.1) is 0 Å². The van der Waals surface area contributed by atoms with Crippen molar-refractivity contribution < 1.29 is 5.11 Å². The van der Waals surface area contributed by atoms with Crippen LogP contribution in [0.3, 0.4) is 0 Å². The maximum absolute atomic E-state index is 9.64. The smallest absolute Gasteiger partial charge is 0.0772 e. The van der Waals surface area contributed by atoms with Crippen LogP contribution in [0.4, 0.5) is 5.69 Å². The number of nitrogens with zero attached hydrogens (tertiary/aromatic N) is 1. The fourth-order valence-electron chi connectivity index (χ4n) is 2.16. The molecule has 20 heavy (non-hydrogen) atoms. The Bertz CT molecular complexity index is 554. The first-order valence-corrected chi connectivity index (χ1v) is 7.60. The summed E-state index contributed by atoms with van der Waals surface area (Å²) in [6.07, 6.45) is 0.570. The van der Waals surface area contributed by atoms with E-state index in [-0.39, 0.29) is 0 Å². The minimum absolute atomic E-state index is 0.451. The predicted octanol–water partition coefficient (Wildman–Crippen LogP) is 4.18. The Morgan fingerprint density at radius 2 is 1.85 bits per heavy atom. The number of halogens is 1. The van der Waals surface area contributed by atoms with Gasteiger partial charge in [0.15, 0.2) is 0 Å². The number of benzene rings is 2. The molecule has 0 bridgehead atoms. The monoisotopic (exact) mass is 333 g/mol. The fourth-order valence-corrected chi connectivity index (χ4v) is 2.86. The summed E-state index contributed by atoms with van der Waals surface area (Å²) in [4.78, 5) is 2.23. The van der Waals surface area contributed by atoms with Crippen molar-refractivity contribution in [1.82, 2.24) is 0 Å². The summed E-state index contributed by atoms with van der Waals surface area (Å²) >= 11 is 3.53. The van der Waals surface area contributed by atoms with E-state index in [2.05, 4.69) is 64.3 Å². The van der Waals surface area contributed by atoms with E-state index in [1.165, 1.54) is 5.56 Å². The largest absolute Gasteiger partial charge is 0.389 e. The van der Waals surface area contributed by atoms with Crippen LogP contribution in [0, 0.1) is 0 Å². The lowest BCUT2D eigenvalue weighted by molar-refractivity contribution is 0.198. The van der Waals surface area contributed by atoms with E-state index >= 15 is 0 Å². The molecule has 1 N–H and O–H groups in total. The Hall–Kier alpha value is -1.32. The van der Waals surface area contributed by atoms with Crippen LogP contribution in [-0.2, 0) is 6.42 Å². The van der Waals surface area contributed by atoms with Gasteiger partial charge in [0.1, 0.15) is 0 Å². The van der Waals surface area contributed by atoms with Crippen molar-refractivity contribution >= 4 is 21.6 Å². The summed E-state index contributed by atoms with van der Waals surface area (Å²) in [5.41, 5.74) is 3.42. The lowest BCUT2D eigenvalue weighted by Crippen LogP contribution is -2.20. The van der Waals surface area contributed by atoms with Crippen molar-refractivity contribution in [1.29, 1.82) is 0 Å².